The molecular formula is C42H42Cl2N6O5. The summed E-state index contributed by atoms with van der Waals surface area (Å²) in [5.41, 5.74) is 5.84. The Bertz CT molecular complexity index is 2360. The highest BCUT2D eigenvalue weighted by Gasteiger charge is 2.50. The molecule has 1 saturated carbocycles. The van der Waals surface area contributed by atoms with Crippen LogP contribution in [0.5, 0.6) is 5.88 Å². The molecule has 13 heteroatoms. The van der Waals surface area contributed by atoms with E-state index in [1.54, 1.807) is 19.5 Å². The van der Waals surface area contributed by atoms with Gasteiger partial charge < -0.3 is 20.1 Å². The van der Waals surface area contributed by atoms with Gasteiger partial charge in [0.05, 0.1) is 35.4 Å². The number of rotatable bonds is 11. The molecule has 3 aliphatic heterocycles. The number of halogens is 2. The number of esters is 1. The molecule has 1 aliphatic carbocycles. The zero-order chi connectivity index (χ0) is 38.3. The molecule has 5 aromatic rings. The van der Waals surface area contributed by atoms with Crippen LogP contribution >= 0.6 is 23.2 Å². The van der Waals surface area contributed by atoms with Crippen LogP contribution in [0.2, 0.25) is 10.0 Å². The molecule has 0 spiro atoms. The smallest absolute Gasteiger partial charge is 0.313 e. The number of ether oxygens (including phenoxy) is 2. The Hall–Kier alpha value is -4.81. The molecule has 284 valence electrons. The van der Waals surface area contributed by atoms with Crippen molar-refractivity contribution < 1.29 is 19.1 Å². The number of nitrogens with zero attached hydrogens (tertiary/aromatic N) is 4. The summed E-state index contributed by atoms with van der Waals surface area (Å²) in [6.45, 7) is 2.23. The van der Waals surface area contributed by atoms with Gasteiger partial charge in [-0.25, -0.2) is 9.97 Å². The zero-order valence-electron chi connectivity index (χ0n) is 30.7. The fourth-order valence-corrected chi connectivity index (χ4v) is 9.18. The van der Waals surface area contributed by atoms with Gasteiger partial charge in [-0.05, 0) is 55.9 Å². The minimum Gasteiger partial charge on any atom is -0.481 e. The number of amides is 1. The molecule has 4 fully saturated rings. The van der Waals surface area contributed by atoms with Gasteiger partial charge in [-0.3, -0.25) is 23.7 Å². The van der Waals surface area contributed by atoms with Gasteiger partial charge in [-0.2, -0.15) is 0 Å². The predicted octanol–water partition coefficient (Wildman–Crippen LogP) is 6.69. The lowest BCUT2D eigenvalue weighted by molar-refractivity contribution is -0.163. The number of pyridine rings is 2. The monoisotopic (exact) mass is 780 g/mol. The number of hydrogen-bond acceptors (Lipinski definition) is 9. The van der Waals surface area contributed by atoms with Crippen LogP contribution in [-0.2, 0) is 27.4 Å². The number of carbonyl (C=O) groups is 2. The van der Waals surface area contributed by atoms with Gasteiger partial charge in [0.25, 0.3) is 5.56 Å². The van der Waals surface area contributed by atoms with Gasteiger partial charge in [0.2, 0.25) is 11.8 Å². The Morgan fingerprint density at radius 1 is 0.945 bits per heavy atom. The average molecular weight is 782 g/mol. The summed E-state index contributed by atoms with van der Waals surface area (Å²) >= 11 is 14.3. The Labute approximate surface area is 329 Å². The molecule has 1 atom stereocenters. The van der Waals surface area contributed by atoms with E-state index in [-0.39, 0.29) is 23.5 Å². The van der Waals surface area contributed by atoms with E-state index in [1.165, 1.54) is 11.5 Å². The summed E-state index contributed by atoms with van der Waals surface area (Å²) in [7, 11) is 3.09. The molecule has 2 bridgehead atoms. The molecule has 0 radical (unpaired) electrons. The first-order valence-corrected chi connectivity index (χ1v) is 19.4. The standard InChI is InChI=1S/C42H42Cl2N6O5/c1-54-39-26(23-49-24-42(41(53)55-2)16-13-29(49)14-17-42)9-11-34(48-39)33-8-4-7-32(38(33)44)31-6-3-5-30(37(31)43)25-15-18-50-35(19-25)46-21-27(40(50)52)20-45-22-28-10-12-36(51)47-28/h3-9,11,15,18-19,21,28-29,45H,10,12-14,16-17,20,22-24H2,1-2H3,(H,47,51)/t28-,29?,42?/m0/s1. The molecule has 11 nitrogen and oxygen atoms in total. The number of piperidine rings is 2. The van der Waals surface area contributed by atoms with E-state index < -0.39 is 5.41 Å². The van der Waals surface area contributed by atoms with E-state index in [4.69, 9.17) is 37.7 Å². The molecule has 4 aliphatic rings. The second kappa shape index (κ2) is 15.4. The first kappa shape index (κ1) is 37.1. The van der Waals surface area contributed by atoms with Crippen LogP contribution in [0.25, 0.3) is 39.2 Å². The van der Waals surface area contributed by atoms with E-state index in [1.807, 2.05) is 60.7 Å². The highest BCUT2D eigenvalue weighted by Crippen LogP contribution is 2.47. The molecular weight excluding hydrogens is 739 g/mol. The molecule has 55 heavy (non-hydrogen) atoms. The number of hydrogen-bond donors (Lipinski definition) is 2. The predicted molar refractivity (Wildman–Crippen MR) is 212 cm³/mol. The van der Waals surface area contributed by atoms with Crippen molar-refractivity contribution in [1.29, 1.82) is 0 Å². The second-order valence-corrected chi connectivity index (χ2v) is 15.5. The average Bonchev–Trinajstić information content (AvgIpc) is 3.63. The third-order valence-electron chi connectivity index (χ3n) is 11.5. The van der Waals surface area contributed by atoms with Gasteiger partial charge in [0, 0.05) is 90.5 Å². The Kier molecular flexibility index (Phi) is 10.4. The molecule has 2 aromatic carbocycles. The highest BCUT2D eigenvalue weighted by atomic mass is 35.5. The molecule has 9 rings (SSSR count). The minimum atomic E-state index is -0.444. The van der Waals surface area contributed by atoms with E-state index >= 15 is 0 Å². The summed E-state index contributed by atoms with van der Waals surface area (Å²) < 4.78 is 12.5. The van der Waals surface area contributed by atoms with Gasteiger partial charge in [0.1, 0.15) is 5.65 Å². The van der Waals surface area contributed by atoms with Crippen LogP contribution in [0.15, 0.2) is 77.9 Å². The summed E-state index contributed by atoms with van der Waals surface area (Å²) in [5.74, 6) is 0.458. The van der Waals surface area contributed by atoms with Crippen molar-refractivity contribution in [3.8, 4) is 39.4 Å². The first-order chi connectivity index (χ1) is 26.7. The maximum absolute atomic E-state index is 13.3. The number of benzene rings is 2. The molecule has 3 aromatic heterocycles. The van der Waals surface area contributed by atoms with Crippen molar-refractivity contribution >= 4 is 40.7 Å². The van der Waals surface area contributed by atoms with Gasteiger partial charge >= 0.3 is 5.97 Å². The molecule has 3 saturated heterocycles. The maximum Gasteiger partial charge on any atom is 0.313 e. The van der Waals surface area contributed by atoms with E-state index in [0.717, 1.165) is 65.5 Å². The third kappa shape index (κ3) is 7.10. The minimum absolute atomic E-state index is 0.0607. The third-order valence-corrected chi connectivity index (χ3v) is 12.3. The van der Waals surface area contributed by atoms with Crippen LogP contribution in [0.3, 0.4) is 0 Å². The summed E-state index contributed by atoms with van der Waals surface area (Å²) in [5, 5.41) is 7.20. The number of carbonyl (C=O) groups excluding carboxylic acids is 2. The summed E-state index contributed by atoms with van der Waals surface area (Å²) in [6.07, 6.45) is 8.29. The van der Waals surface area contributed by atoms with Crippen molar-refractivity contribution in [3.05, 3.63) is 105 Å². The van der Waals surface area contributed by atoms with E-state index in [9.17, 15) is 14.4 Å². The molecule has 6 heterocycles. The van der Waals surface area contributed by atoms with Crippen LogP contribution in [0.4, 0.5) is 0 Å². The number of nitrogens with one attached hydrogen (secondary N) is 2. The fourth-order valence-electron chi connectivity index (χ4n) is 8.52. The SMILES string of the molecule is COC(=O)C12CCC(CC1)N(Cc1ccc(-c3cccc(-c4cccc(-c5ccn6c(=O)c(CNC[C@@H]7CCC(=O)N7)cnc6c5)c4Cl)c3Cl)nc1OC)C2. The first-order valence-electron chi connectivity index (χ1n) is 18.6. The van der Waals surface area contributed by atoms with Crippen LogP contribution < -0.4 is 20.9 Å². The lowest BCUT2D eigenvalue weighted by Crippen LogP contribution is -2.56. The number of aromatic nitrogens is 3. The number of methoxy groups -OCH3 is 2. The van der Waals surface area contributed by atoms with Crippen LogP contribution in [0.1, 0.15) is 49.7 Å². The highest BCUT2D eigenvalue weighted by molar-refractivity contribution is 6.39. The quantitative estimate of drug-likeness (QED) is 0.141. The normalized spacial score (nSPS) is 20.8. The van der Waals surface area contributed by atoms with Crippen molar-refractivity contribution in [2.45, 2.75) is 63.7 Å². The summed E-state index contributed by atoms with van der Waals surface area (Å²) in [6, 6.07) is 19.8. The van der Waals surface area contributed by atoms with Crippen molar-refractivity contribution in [3.63, 3.8) is 0 Å². The van der Waals surface area contributed by atoms with Crippen molar-refractivity contribution in [1.82, 2.24) is 29.9 Å². The Morgan fingerprint density at radius 2 is 1.67 bits per heavy atom. The zero-order valence-corrected chi connectivity index (χ0v) is 32.3. The van der Waals surface area contributed by atoms with Crippen LogP contribution in [0, 0.1) is 5.41 Å². The lowest BCUT2D eigenvalue weighted by atomic mass is 9.67. The fraction of sp³-hybridized carbons (Fsp3) is 0.357. The lowest BCUT2D eigenvalue weighted by Gasteiger charge is -2.51. The Morgan fingerprint density at radius 3 is 2.38 bits per heavy atom. The van der Waals surface area contributed by atoms with E-state index in [0.29, 0.717) is 71.5 Å². The van der Waals surface area contributed by atoms with Gasteiger partial charge in [-0.15, -0.1) is 0 Å². The molecule has 2 N–H and O–H groups in total. The van der Waals surface area contributed by atoms with Crippen molar-refractivity contribution in [2.24, 2.45) is 5.41 Å². The van der Waals surface area contributed by atoms with Crippen LogP contribution in [-0.4, -0.2) is 70.5 Å². The van der Waals surface area contributed by atoms with Gasteiger partial charge in [-0.1, -0.05) is 65.7 Å². The molecule has 0 unspecified atom stereocenters. The molecule has 1 amide bonds. The van der Waals surface area contributed by atoms with E-state index in [2.05, 4.69) is 20.5 Å². The summed E-state index contributed by atoms with van der Waals surface area (Å²) in [4.78, 5) is 49.4. The topological polar surface area (TPSA) is 127 Å². The number of fused-ring (bicyclic) bond motifs is 4. The maximum atomic E-state index is 13.3. The largest absolute Gasteiger partial charge is 0.481 e. The second-order valence-electron chi connectivity index (χ2n) is 14.8. The van der Waals surface area contributed by atoms with Gasteiger partial charge in [0.15, 0.2) is 0 Å². The Balaban J connectivity index is 1.03. The van der Waals surface area contributed by atoms with Crippen molar-refractivity contribution in [2.75, 3.05) is 27.3 Å².